The molecule has 1 N–H and O–H groups in total. The molecule has 136 valence electrons. The molecule has 26 heavy (non-hydrogen) atoms. The Bertz CT molecular complexity index is 833. The number of nitrogens with one attached hydrogen (secondary N) is 1. The molecule has 3 aromatic heterocycles. The molecule has 8 heteroatoms. The standard InChI is InChI=1S/C18H21N5O3/c1-13-9-14(22-26-13)11-23-6-8-24-12-16(23)18-19-5-4-17(21-18)20-10-15-3-2-7-25-15/h2-5,7,9,16H,6,8,10-12H2,1H3,(H,19,20,21)/t16-/m1/s1. The van der Waals surface area contributed by atoms with E-state index in [9.17, 15) is 0 Å². The van der Waals surface area contributed by atoms with Crippen LogP contribution in [0, 0.1) is 6.92 Å². The van der Waals surface area contributed by atoms with Crippen molar-refractivity contribution >= 4 is 5.82 Å². The maximum absolute atomic E-state index is 5.67. The fourth-order valence-electron chi connectivity index (χ4n) is 2.99. The zero-order valence-corrected chi connectivity index (χ0v) is 14.6. The van der Waals surface area contributed by atoms with Crippen LogP contribution in [0.3, 0.4) is 0 Å². The second-order valence-electron chi connectivity index (χ2n) is 6.22. The Hall–Kier alpha value is -2.71. The molecule has 1 aliphatic heterocycles. The zero-order chi connectivity index (χ0) is 17.8. The molecular weight excluding hydrogens is 334 g/mol. The van der Waals surface area contributed by atoms with Crippen molar-refractivity contribution in [3.8, 4) is 0 Å². The number of anilines is 1. The number of aromatic nitrogens is 3. The molecule has 1 fully saturated rings. The summed E-state index contributed by atoms with van der Waals surface area (Å²) in [5.41, 5.74) is 0.904. The molecule has 3 aromatic rings. The third-order valence-electron chi connectivity index (χ3n) is 4.28. The van der Waals surface area contributed by atoms with E-state index in [2.05, 4.69) is 25.3 Å². The predicted octanol–water partition coefficient (Wildman–Crippen LogP) is 2.55. The van der Waals surface area contributed by atoms with Gasteiger partial charge in [-0.3, -0.25) is 4.90 Å². The normalized spacial score (nSPS) is 18.1. The molecule has 1 saturated heterocycles. The summed E-state index contributed by atoms with van der Waals surface area (Å²) >= 11 is 0. The van der Waals surface area contributed by atoms with Gasteiger partial charge in [-0.2, -0.15) is 0 Å². The fourth-order valence-corrected chi connectivity index (χ4v) is 2.99. The summed E-state index contributed by atoms with van der Waals surface area (Å²) in [6.45, 7) is 5.18. The molecule has 0 bridgehead atoms. The molecule has 1 atom stereocenters. The summed E-state index contributed by atoms with van der Waals surface area (Å²) in [5, 5.41) is 7.36. The zero-order valence-electron chi connectivity index (χ0n) is 14.6. The number of morpholine rings is 1. The predicted molar refractivity (Wildman–Crippen MR) is 93.3 cm³/mol. The number of hydrogen-bond acceptors (Lipinski definition) is 8. The first-order valence-corrected chi connectivity index (χ1v) is 8.61. The Morgan fingerprint density at radius 2 is 2.31 bits per heavy atom. The van der Waals surface area contributed by atoms with Crippen LogP contribution in [-0.4, -0.2) is 39.8 Å². The molecule has 0 aliphatic carbocycles. The van der Waals surface area contributed by atoms with Crippen molar-refractivity contribution in [3.05, 3.63) is 59.8 Å². The topological polar surface area (TPSA) is 89.5 Å². The van der Waals surface area contributed by atoms with E-state index in [0.29, 0.717) is 26.3 Å². The Labute approximate surface area is 151 Å². The third-order valence-corrected chi connectivity index (χ3v) is 4.28. The van der Waals surface area contributed by atoms with Gasteiger partial charge in [-0.1, -0.05) is 5.16 Å². The number of furan rings is 1. The van der Waals surface area contributed by atoms with Crippen molar-refractivity contribution in [3.63, 3.8) is 0 Å². The van der Waals surface area contributed by atoms with Gasteiger partial charge in [0.25, 0.3) is 0 Å². The van der Waals surface area contributed by atoms with Gasteiger partial charge in [-0.25, -0.2) is 9.97 Å². The van der Waals surface area contributed by atoms with E-state index >= 15 is 0 Å². The molecule has 1 aliphatic rings. The molecule has 0 unspecified atom stereocenters. The molecule has 0 saturated carbocycles. The molecule has 8 nitrogen and oxygen atoms in total. The Morgan fingerprint density at radius 1 is 1.35 bits per heavy atom. The van der Waals surface area contributed by atoms with E-state index < -0.39 is 0 Å². The molecule has 0 spiro atoms. The quantitative estimate of drug-likeness (QED) is 0.721. The van der Waals surface area contributed by atoms with Crippen LogP contribution in [-0.2, 0) is 17.8 Å². The van der Waals surface area contributed by atoms with Crippen LogP contribution in [0.5, 0.6) is 0 Å². The minimum Gasteiger partial charge on any atom is -0.467 e. The SMILES string of the molecule is Cc1cc(CN2CCOC[C@@H]2c2nccc(NCc3ccco3)n2)no1. The monoisotopic (exact) mass is 355 g/mol. The second-order valence-corrected chi connectivity index (χ2v) is 6.22. The highest BCUT2D eigenvalue weighted by Gasteiger charge is 2.28. The van der Waals surface area contributed by atoms with Crippen molar-refractivity contribution < 1.29 is 13.7 Å². The van der Waals surface area contributed by atoms with Crippen LogP contribution in [0.15, 0.2) is 45.7 Å². The first-order chi connectivity index (χ1) is 12.8. The van der Waals surface area contributed by atoms with E-state index in [-0.39, 0.29) is 6.04 Å². The summed E-state index contributed by atoms with van der Waals surface area (Å²) in [4.78, 5) is 11.4. The highest BCUT2D eigenvalue weighted by atomic mass is 16.5. The first-order valence-electron chi connectivity index (χ1n) is 8.61. The highest BCUT2D eigenvalue weighted by Crippen LogP contribution is 2.24. The minimum atomic E-state index is -0.0221. The van der Waals surface area contributed by atoms with Gasteiger partial charge in [0.1, 0.15) is 23.2 Å². The van der Waals surface area contributed by atoms with Gasteiger partial charge in [0, 0.05) is 25.4 Å². The number of nitrogens with zero attached hydrogens (tertiary/aromatic N) is 4. The highest BCUT2D eigenvalue weighted by molar-refractivity contribution is 5.33. The van der Waals surface area contributed by atoms with Crippen molar-refractivity contribution in [2.75, 3.05) is 25.1 Å². The maximum Gasteiger partial charge on any atom is 0.150 e. The molecule has 0 radical (unpaired) electrons. The van der Waals surface area contributed by atoms with Crippen molar-refractivity contribution in [2.24, 2.45) is 0 Å². The first kappa shape index (κ1) is 16.7. The van der Waals surface area contributed by atoms with Crippen molar-refractivity contribution in [2.45, 2.75) is 26.1 Å². The van der Waals surface area contributed by atoms with Gasteiger partial charge in [0.15, 0.2) is 0 Å². The lowest BCUT2D eigenvalue weighted by Gasteiger charge is -2.33. The van der Waals surface area contributed by atoms with E-state index in [0.717, 1.165) is 35.4 Å². The number of hydrogen-bond donors (Lipinski definition) is 1. The van der Waals surface area contributed by atoms with Crippen LogP contribution < -0.4 is 5.32 Å². The van der Waals surface area contributed by atoms with Gasteiger partial charge < -0.3 is 19.0 Å². The van der Waals surface area contributed by atoms with Crippen LogP contribution in [0.25, 0.3) is 0 Å². The third kappa shape index (κ3) is 3.92. The summed E-state index contributed by atoms with van der Waals surface area (Å²) in [6.07, 6.45) is 3.42. The van der Waals surface area contributed by atoms with Gasteiger partial charge in [-0.15, -0.1) is 0 Å². The summed E-state index contributed by atoms with van der Waals surface area (Å²) in [7, 11) is 0. The average molecular weight is 355 g/mol. The number of aryl methyl sites for hydroxylation is 1. The van der Waals surface area contributed by atoms with E-state index in [1.807, 2.05) is 31.2 Å². The molecule has 4 heterocycles. The number of rotatable bonds is 6. The summed E-state index contributed by atoms with van der Waals surface area (Å²) in [6, 6.07) is 7.57. The molecule has 0 amide bonds. The molecule has 4 rings (SSSR count). The van der Waals surface area contributed by atoms with Gasteiger partial charge in [0.2, 0.25) is 0 Å². The second kappa shape index (κ2) is 7.67. The van der Waals surface area contributed by atoms with Gasteiger partial charge >= 0.3 is 0 Å². The van der Waals surface area contributed by atoms with E-state index in [1.165, 1.54) is 0 Å². The number of ether oxygens (including phenoxy) is 1. The largest absolute Gasteiger partial charge is 0.467 e. The Kier molecular flexibility index (Phi) is 4.94. The Morgan fingerprint density at radius 3 is 3.12 bits per heavy atom. The smallest absolute Gasteiger partial charge is 0.150 e. The lowest BCUT2D eigenvalue weighted by Crippen LogP contribution is -2.40. The van der Waals surface area contributed by atoms with Crippen LogP contribution >= 0.6 is 0 Å². The van der Waals surface area contributed by atoms with E-state index in [1.54, 1.807) is 12.5 Å². The van der Waals surface area contributed by atoms with Crippen LogP contribution in [0.1, 0.15) is 29.1 Å². The van der Waals surface area contributed by atoms with Crippen LogP contribution in [0.4, 0.5) is 5.82 Å². The molecular formula is C18H21N5O3. The van der Waals surface area contributed by atoms with Gasteiger partial charge in [0.05, 0.1) is 37.8 Å². The lowest BCUT2D eigenvalue weighted by molar-refractivity contribution is -0.0167. The van der Waals surface area contributed by atoms with Crippen LogP contribution in [0.2, 0.25) is 0 Å². The lowest BCUT2D eigenvalue weighted by atomic mass is 10.2. The average Bonchev–Trinajstić information content (AvgIpc) is 3.32. The molecule has 0 aromatic carbocycles. The van der Waals surface area contributed by atoms with Crippen molar-refractivity contribution in [1.82, 2.24) is 20.0 Å². The fraction of sp³-hybridized carbons (Fsp3) is 0.389. The Balaban J connectivity index is 1.47. The van der Waals surface area contributed by atoms with Gasteiger partial charge in [-0.05, 0) is 25.1 Å². The minimum absolute atomic E-state index is 0.0221. The van der Waals surface area contributed by atoms with E-state index in [4.69, 9.17) is 13.7 Å². The van der Waals surface area contributed by atoms with Crippen molar-refractivity contribution in [1.29, 1.82) is 0 Å². The summed E-state index contributed by atoms with van der Waals surface area (Å²) in [5.74, 6) is 3.16. The summed E-state index contributed by atoms with van der Waals surface area (Å²) < 4.78 is 16.2. The maximum atomic E-state index is 5.67.